The Balaban J connectivity index is 2.53. The highest BCUT2D eigenvalue weighted by Gasteiger charge is 2.05. The molecular formula is C7H4BrNOS. The molecule has 2 aromatic heterocycles. The van der Waals surface area contributed by atoms with Crippen LogP contribution in [0.3, 0.4) is 0 Å². The maximum absolute atomic E-state index is 4.73. The van der Waals surface area contributed by atoms with Gasteiger partial charge in [-0.1, -0.05) is 5.16 Å². The lowest BCUT2D eigenvalue weighted by Crippen LogP contribution is -1.69. The summed E-state index contributed by atoms with van der Waals surface area (Å²) < 4.78 is 5.80. The summed E-state index contributed by atoms with van der Waals surface area (Å²) >= 11 is 5.05. The molecule has 2 nitrogen and oxygen atoms in total. The topological polar surface area (TPSA) is 26.0 Å². The Labute approximate surface area is 76.0 Å². The zero-order valence-corrected chi connectivity index (χ0v) is 7.85. The Morgan fingerprint density at radius 2 is 2.36 bits per heavy atom. The fourth-order valence-electron chi connectivity index (χ4n) is 0.806. The first kappa shape index (κ1) is 7.06. The van der Waals surface area contributed by atoms with Crippen LogP contribution in [0.4, 0.5) is 0 Å². The molecule has 11 heavy (non-hydrogen) atoms. The van der Waals surface area contributed by atoms with E-state index in [4.69, 9.17) is 4.52 Å². The minimum absolute atomic E-state index is 0.881. The van der Waals surface area contributed by atoms with Crippen LogP contribution in [0.1, 0.15) is 0 Å². The normalized spacial score (nSPS) is 10.3. The second kappa shape index (κ2) is 2.79. The Bertz CT molecular complexity index is 341. The Hall–Kier alpha value is -0.610. The highest BCUT2D eigenvalue weighted by atomic mass is 79.9. The van der Waals surface area contributed by atoms with Crippen LogP contribution in [0, 0.1) is 0 Å². The molecule has 56 valence electrons. The molecule has 0 bridgehead atoms. The van der Waals surface area contributed by atoms with Crippen molar-refractivity contribution in [2.45, 2.75) is 0 Å². The van der Waals surface area contributed by atoms with Crippen LogP contribution in [0.2, 0.25) is 0 Å². The molecule has 0 N–H and O–H groups in total. The molecule has 0 spiro atoms. The second-order valence-electron chi connectivity index (χ2n) is 1.98. The van der Waals surface area contributed by atoms with E-state index < -0.39 is 0 Å². The van der Waals surface area contributed by atoms with Crippen molar-refractivity contribution in [2.24, 2.45) is 0 Å². The van der Waals surface area contributed by atoms with E-state index in [1.807, 2.05) is 17.5 Å². The van der Waals surface area contributed by atoms with Gasteiger partial charge in [-0.3, -0.25) is 0 Å². The summed E-state index contributed by atoms with van der Waals surface area (Å²) in [5, 5.41) is 5.83. The van der Waals surface area contributed by atoms with Gasteiger partial charge in [0.2, 0.25) is 0 Å². The lowest BCUT2D eigenvalue weighted by molar-refractivity contribution is 0.422. The van der Waals surface area contributed by atoms with Gasteiger partial charge in [0.05, 0.1) is 4.88 Å². The van der Waals surface area contributed by atoms with Crippen LogP contribution in [-0.4, -0.2) is 5.16 Å². The maximum atomic E-state index is 4.73. The van der Waals surface area contributed by atoms with Crippen LogP contribution in [0.15, 0.2) is 32.8 Å². The third-order valence-electron chi connectivity index (χ3n) is 1.29. The minimum Gasteiger partial charge on any atom is -0.364 e. The van der Waals surface area contributed by atoms with E-state index in [0.717, 1.165) is 15.0 Å². The molecule has 0 unspecified atom stereocenters. The predicted octanol–water partition coefficient (Wildman–Crippen LogP) is 3.17. The van der Waals surface area contributed by atoms with Gasteiger partial charge in [0.25, 0.3) is 0 Å². The predicted molar refractivity (Wildman–Crippen MR) is 47.5 cm³/mol. The van der Waals surface area contributed by atoms with Gasteiger partial charge in [-0.05, 0) is 27.4 Å². The molecule has 2 heterocycles. The highest BCUT2D eigenvalue weighted by Crippen LogP contribution is 2.31. The molecule has 0 amide bonds. The van der Waals surface area contributed by atoms with Crippen LogP contribution in [0.25, 0.3) is 10.6 Å². The van der Waals surface area contributed by atoms with Gasteiger partial charge in [0.15, 0.2) is 0 Å². The number of thiophene rings is 1. The fourth-order valence-corrected chi connectivity index (χ4v) is 2.34. The van der Waals surface area contributed by atoms with E-state index >= 15 is 0 Å². The monoisotopic (exact) mass is 229 g/mol. The number of nitrogens with zero attached hydrogens (tertiary/aromatic N) is 1. The number of hydrogen-bond donors (Lipinski definition) is 0. The van der Waals surface area contributed by atoms with Crippen LogP contribution >= 0.6 is 27.3 Å². The molecule has 2 rings (SSSR count). The largest absolute Gasteiger partial charge is 0.364 e. The number of rotatable bonds is 1. The first-order valence-electron chi connectivity index (χ1n) is 3.01. The van der Waals surface area contributed by atoms with Crippen LogP contribution in [-0.2, 0) is 0 Å². The van der Waals surface area contributed by atoms with E-state index in [1.165, 1.54) is 0 Å². The minimum atomic E-state index is 0.881. The van der Waals surface area contributed by atoms with Crippen molar-refractivity contribution < 1.29 is 4.52 Å². The van der Waals surface area contributed by atoms with Crippen molar-refractivity contribution >= 4 is 27.3 Å². The number of aromatic nitrogens is 1. The molecule has 0 saturated carbocycles. The summed E-state index contributed by atoms with van der Waals surface area (Å²) in [7, 11) is 0. The van der Waals surface area contributed by atoms with Gasteiger partial charge in [-0.25, -0.2) is 0 Å². The zero-order valence-electron chi connectivity index (χ0n) is 5.45. The summed E-state index contributed by atoms with van der Waals surface area (Å²) in [6, 6.07) is 3.84. The molecule has 2 aromatic rings. The third kappa shape index (κ3) is 1.23. The van der Waals surface area contributed by atoms with Gasteiger partial charge in [0, 0.05) is 10.5 Å². The van der Waals surface area contributed by atoms with E-state index in [0.29, 0.717) is 0 Å². The third-order valence-corrected chi connectivity index (χ3v) is 3.15. The molecule has 0 aliphatic carbocycles. The summed E-state index contributed by atoms with van der Waals surface area (Å²) in [5.41, 5.74) is 0.881. The van der Waals surface area contributed by atoms with E-state index in [1.54, 1.807) is 17.6 Å². The highest BCUT2D eigenvalue weighted by molar-refractivity contribution is 9.10. The van der Waals surface area contributed by atoms with Crippen molar-refractivity contribution in [1.82, 2.24) is 5.16 Å². The molecular weight excluding hydrogens is 226 g/mol. The molecule has 4 heteroatoms. The Morgan fingerprint density at radius 3 is 2.91 bits per heavy atom. The average molecular weight is 230 g/mol. The summed E-state index contributed by atoms with van der Waals surface area (Å²) in [6.07, 6.45) is 1.57. The average Bonchev–Trinajstić information content (AvgIpc) is 2.55. The summed E-state index contributed by atoms with van der Waals surface area (Å²) in [4.78, 5) is 1.11. The number of halogens is 1. The van der Waals surface area contributed by atoms with Gasteiger partial charge >= 0.3 is 0 Å². The van der Waals surface area contributed by atoms with Crippen molar-refractivity contribution in [1.29, 1.82) is 0 Å². The van der Waals surface area contributed by atoms with Gasteiger partial charge in [-0.2, -0.15) is 0 Å². The molecule has 0 aliphatic heterocycles. The van der Waals surface area contributed by atoms with Crippen LogP contribution < -0.4 is 0 Å². The quantitative estimate of drug-likeness (QED) is 0.751. The number of hydrogen-bond acceptors (Lipinski definition) is 3. The van der Waals surface area contributed by atoms with Crippen molar-refractivity contribution in [3.8, 4) is 10.6 Å². The van der Waals surface area contributed by atoms with Crippen molar-refractivity contribution in [2.75, 3.05) is 0 Å². The van der Waals surface area contributed by atoms with Crippen molar-refractivity contribution in [3.63, 3.8) is 0 Å². The smallest absolute Gasteiger partial charge is 0.124 e. The first-order valence-corrected chi connectivity index (χ1v) is 4.69. The molecule has 0 atom stereocenters. The lowest BCUT2D eigenvalue weighted by Gasteiger charge is -1.87. The van der Waals surface area contributed by atoms with E-state index in [9.17, 15) is 0 Å². The Kier molecular flexibility index (Phi) is 1.79. The van der Waals surface area contributed by atoms with Gasteiger partial charge in [-0.15, -0.1) is 11.3 Å². The molecule has 0 radical (unpaired) electrons. The van der Waals surface area contributed by atoms with E-state index in [2.05, 4.69) is 21.1 Å². The fraction of sp³-hybridized carbons (Fsp3) is 0. The Morgan fingerprint density at radius 1 is 1.45 bits per heavy atom. The standard InChI is InChI=1S/C7H4BrNOS/c8-5-2-4-11-7(5)6-1-3-10-9-6/h1-4H. The van der Waals surface area contributed by atoms with Crippen LogP contribution in [0.5, 0.6) is 0 Å². The second-order valence-corrected chi connectivity index (χ2v) is 3.75. The van der Waals surface area contributed by atoms with Crippen molar-refractivity contribution in [3.05, 3.63) is 28.2 Å². The molecule has 0 saturated heterocycles. The molecule has 0 fully saturated rings. The summed E-state index contributed by atoms with van der Waals surface area (Å²) in [6.45, 7) is 0. The van der Waals surface area contributed by atoms with E-state index in [-0.39, 0.29) is 0 Å². The lowest BCUT2D eigenvalue weighted by atomic mass is 10.3. The summed E-state index contributed by atoms with van der Waals surface area (Å²) in [5.74, 6) is 0. The zero-order chi connectivity index (χ0) is 7.68. The van der Waals surface area contributed by atoms with Gasteiger partial charge in [0.1, 0.15) is 12.0 Å². The SMILES string of the molecule is Brc1ccsc1-c1ccon1. The maximum Gasteiger partial charge on any atom is 0.124 e. The first-order chi connectivity index (χ1) is 5.38. The molecule has 0 aromatic carbocycles. The van der Waals surface area contributed by atoms with Gasteiger partial charge < -0.3 is 4.52 Å². The molecule has 0 aliphatic rings.